The summed E-state index contributed by atoms with van der Waals surface area (Å²) in [5.74, 6) is -0.826. The molecule has 0 aromatic carbocycles. The van der Waals surface area contributed by atoms with E-state index in [1.165, 1.54) is 0 Å². The summed E-state index contributed by atoms with van der Waals surface area (Å²) in [7, 11) is 3.88. The molecular formula is C12H23N3O3. The SMILES string of the molecule is CN(C)CCNC(=O)N1CCCC(C)(C(=O)O)C1. The van der Waals surface area contributed by atoms with Crippen LogP contribution in [0.15, 0.2) is 0 Å². The van der Waals surface area contributed by atoms with Crippen LogP contribution in [0.2, 0.25) is 0 Å². The molecule has 1 aliphatic rings. The van der Waals surface area contributed by atoms with Crippen molar-refractivity contribution >= 4 is 12.0 Å². The van der Waals surface area contributed by atoms with Gasteiger partial charge in [0.15, 0.2) is 0 Å². The van der Waals surface area contributed by atoms with Crippen LogP contribution in [0.3, 0.4) is 0 Å². The van der Waals surface area contributed by atoms with Crippen LogP contribution in [-0.4, -0.2) is 67.2 Å². The summed E-state index contributed by atoms with van der Waals surface area (Å²) < 4.78 is 0. The predicted molar refractivity (Wildman–Crippen MR) is 68.5 cm³/mol. The summed E-state index contributed by atoms with van der Waals surface area (Å²) in [4.78, 5) is 26.7. The van der Waals surface area contributed by atoms with Crippen molar-refractivity contribution in [3.63, 3.8) is 0 Å². The Morgan fingerprint density at radius 1 is 1.44 bits per heavy atom. The number of likely N-dealkylation sites (tertiary alicyclic amines) is 1. The van der Waals surface area contributed by atoms with Crippen molar-refractivity contribution in [3.05, 3.63) is 0 Å². The van der Waals surface area contributed by atoms with E-state index in [9.17, 15) is 14.7 Å². The molecule has 1 fully saturated rings. The summed E-state index contributed by atoms with van der Waals surface area (Å²) in [6, 6.07) is -0.163. The molecule has 18 heavy (non-hydrogen) atoms. The fourth-order valence-electron chi connectivity index (χ4n) is 2.09. The van der Waals surface area contributed by atoms with Crippen molar-refractivity contribution < 1.29 is 14.7 Å². The Hall–Kier alpha value is -1.30. The second-order valence-electron chi connectivity index (χ2n) is 5.43. The molecule has 0 radical (unpaired) electrons. The molecule has 0 aromatic heterocycles. The number of rotatable bonds is 4. The molecule has 0 saturated carbocycles. The molecule has 1 rings (SSSR count). The van der Waals surface area contributed by atoms with Crippen LogP contribution < -0.4 is 5.32 Å². The zero-order valence-electron chi connectivity index (χ0n) is 11.4. The number of hydrogen-bond donors (Lipinski definition) is 2. The first-order valence-electron chi connectivity index (χ1n) is 6.26. The number of nitrogens with one attached hydrogen (secondary N) is 1. The van der Waals surface area contributed by atoms with Crippen molar-refractivity contribution in [1.82, 2.24) is 15.1 Å². The molecule has 1 heterocycles. The third-order valence-corrected chi connectivity index (χ3v) is 3.34. The summed E-state index contributed by atoms with van der Waals surface area (Å²) in [6.07, 6.45) is 1.37. The van der Waals surface area contributed by atoms with Crippen molar-refractivity contribution in [2.24, 2.45) is 5.41 Å². The van der Waals surface area contributed by atoms with Gasteiger partial charge in [-0.05, 0) is 33.9 Å². The summed E-state index contributed by atoms with van der Waals surface area (Å²) in [5.41, 5.74) is -0.808. The number of aliphatic carboxylic acids is 1. The van der Waals surface area contributed by atoms with Crippen LogP contribution in [0.5, 0.6) is 0 Å². The van der Waals surface area contributed by atoms with Gasteiger partial charge in [0.05, 0.1) is 5.41 Å². The number of nitrogens with zero attached hydrogens (tertiary/aromatic N) is 2. The van der Waals surface area contributed by atoms with Gasteiger partial charge in [0.25, 0.3) is 0 Å². The highest BCUT2D eigenvalue weighted by Crippen LogP contribution is 2.29. The summed E-state index contributed by atoms with van der Waals surface area (Å²) in [5, 5.41) is 12.0. The van der Waals surface area contributed by atoms with Gasteiger partial charge < -0.3 is 20.2 Å². The topological polar surface area (TPSA) is 72.9 Å². The number of carbonyl (C=O) groups excluding carboxylic acids is 1. The molecule has 2 amide bonds. The third-order valence-electron chi connectivity index (χ3n) is 3.34. The van der Waals surface area contributed by atoms with Gasteiger partial charge in [0.1, 0.15) is 0 Å². The van der Waals surface area contributed by atoms with E-state index < -0.39 is 11.4 Å². The lowest BCUT2D eigenvalue weighted by molar-refractivity contribution is -0.150. The van der Waals surface area contributed by atoms with Crippen LogP contribution in [0.4, 0.5) is 4.79 Å². The molecule has 1 saturated heterocycles. The lowest BCUT2D eigenvalue weighted by atomic mass is 9.82. The molecule has 1 atom stereocenters. The quantitative estimate of drug-likeness (QED) is 0.766. The maximum absolute atomic E-state index is 11.9. The molecule has 0 spiro atoms. The first-order chi connectivity index (χ1) is 8.35. The maximum atomic E-state index is 11.9. The van der Waals surface area contributed by atoms with E-state index >= 15 is 0 Å². The highest BCUT2D eigenvalue weighted by Gasteiger charge is 2.39. The molecule has 2 N–H and O–H groups in total. The Bertz CT molecular complexity index is 320. The van der Waals surface area contributed by atoms with Gasteiger partial charge >= 0.3 is 12.0 Å². The summed E-state index contributed by atoms with van der Waals surface area (Å²) >= 11 is 0. The van der Waals surface area contributed by atoms with E-state index in [1.807, 2.05) is 19.0 Å². The second-order valence-corrected chi connectivity index (χ2v) is 5.43. The van der Waals surface area contributed by atoms with Crippen molar-refractivity contribution in [3.8, 4) is 0 Å². The van der Waals surface area contributed by atoms with Gasteiger partial charge in [-0.2, -0.15) is 0 Å². The van der Waals surface area contributed by atoms with Gasteiger partial charge in [0, 0.05) is 26.2 Å². The highest BCUT2D eigenvalue weighted by molar-refractivity contribution is 5.78. The number of amides is 2. The largest absolute Gasteiger partial charge is 0.481 e. The predicted octanol–water partition coefficient (Wildman–Crippen LogP) is 0.444. The van der Waals surface area contributed by atoms with Gasteiger partial charge in [-0.1, -0.05) is 0 Å². The van der Waals surface area contributed by atoms with E-state index in [2.05, 4.69) is 5.32 Å². The summed E-state index contributed by atoms with van der Waals surface area (Å²) in [6.45, 7) is 3.98. The Morgan fingerprint density at radius 2 is 2.11 bits per heavy atom. The van der Waals surface area contributed by atoms with Gasteiger partial charge in [-0.3, -0.25) is 4.79 Å². The minimum Gasteiger partial charge on any atom is -0.481 e. The number of hydrogen-bond acceptors (Lipinski definition) is 3. The van der Waals surface area contributed by atoms with E-state index in [4.69, 9.17) is 0 Å². The first kappa shape index (κ1) is 14.8. The number of carboxylic acids is 1. The number of likely N-dealkylation sites (N-methyl/N-ethyl adjacent to an activating group) is 1. The minimum absolute atomic E-state index is 0.163. The van der Waals surface area contributed by atoms with Crippen LogP contribution in [0.1, 0.15) is 19.8 Å². The Morgan fingerprint density at radius 3 is 2.67 bits per heavy atom. The van der Waals surface area contributed by atoms with Gasteiger partial charge in [-0.15, -0.1) is 0 Å². The van der Waals surface area contributed by atoms with Crippen LogP contribution >= 0.6 is 0 Å². The lowest BCUT2D eigenvalue weighted by Gasteiger charge is -2.37. The Balaban J connectivity index is 2.46. The third kappa shape index (κ3) is 3.87. The number of carbonyl (C=O) groups is 2. The van der Waals surface area contributed by atoms with E-state index in [0.717, 1.165) is 13.0 Å². The molecule has 0 aliphatic carbocycles. The molecular weight excluding hydrogens is 234 g/mol. The Kier molecular flexibility index (Phi) is 4.95. The Labute approximate surface area is 108 Å². The maximum Gasteiger partial charge on any atom is 0.317 e. The van der Waals surface area contributed by atoms with Crippen LogP contribution in [0, 0.1) is 5.41 Å². The number of urea groups is 1. The molecule has 6 nitrogen and oxygen atoms in total. The number of carboxylic acid groups (broad SMARTS) is 1. The highest BCUT2D eigenvalue weighted by atomic mass is 16.4. The molecule has 104 valence electrons. The van der Waals surface area contributed by atoms with Crippen molar-refractivity contribution in [1.29, 1.82) is 0 Å². The monoisotopic (exact) mass is 257 g/mol. The standard InChI is InChI=1S/C12H23N3O3/c1-12(10(16)17)5-4-7-15(9-12)11(18)13-6-8-14(2)3/h4-9H2,1-3H3,(H,13,18)(H,16,17). The molecule has 1 aliphatic heterocycles. The number of piperidine rings is 1. The molecule has 1 unspecified atom stereocenters. The molecule has 0 aromatic rings. The fourth-order valence-corrected chi connectivity index (χ4v) is 2.09. The van der Waals surface area contributed by atoms with Gasteiger partial charge in [-0.25, -0.2) is 4.79 Å². The molecule has 0 bridgehead atoms. The average Bonchev–Trinajstić information content (AvgIpc) is 2.28. The average molecular weight is 257 g/mol. The first-order valence-corrected chi connectivity index (χ1v) is 6.26. The minimum atomic E-state index is -0.826. The second kappa shape index (κ2) is 6.04. The molecule has 6 heteroatoms. The van der Waals surface area contributed by atoms with Crippen molar-refractivity contribution in [2.45, 2.75) is 19.8 Å². The van der Waals surface area contributed by atoms with Crippen LogP contribution in [-0.2, 0) is 4.79 Å². The zero-order valence-corrected chi connectivity index (χ0v) is 11.4. The van der Waals surface area contributed by atoms with E-state index in [1.54, 1.807) is 11.8 Å². The lowest BCUT2D eigenvalue weighted by Crippen LogP contribution is -2.52. The fraction of sp³-hybridized carbons (Fsp3) is 0.833. The normalized spacial score (nSPS) is 24.1. The van der Waals surface area contributed by atoms with E-state index in [0.29, 0.717) is 19.5 Å². The van der Waals surface area contributed by atoms with Crippen LogP contribution in [0.25, 0.3) is 0 Å². The van der Waals surface area contributed by atoms with Crippen molar-refractivity contribution in [2.75, 3.05) is 40.3 Å². The zero-order chi connectivity index (χ0) is 13.8. The van der Waals surface area contributed by atoms with E-state index in [-0.39, 0.29) is 12.6 Å². The van der Waals surface area contributed by atoms with Gasteiger partial charge in [0.2, 0.25) is 0 Å². The smallest absolute Gasteiger partial charge is 0.317 e.